The molecule has 4 aromatic rings. The third kappa shape index (κ3) is 5.44. The van der Waals surface area contributed by atoms with E-state index in [1.165, 1.54) is 0 Å². The first-order valence-corrected chi connectivity index (χ1v) is 10.8. The molecular formula is C26H27N3O4. The standard InChI is InChI=1S/C26H27N3O4/c1-31-20-11-13-21(14-12-20)33-16-6-15-29-24-10-4-3-9-23(24)28-25(29)18-27-26(30)19-7-5-8-22(17-19)32-2/h3-5,7-14,17H,6,15-16,18H2,1-2H3,(H,27,30). The molecule has 0 aliphatic rings. The molecule has 170 valence electrons. The van der Waals surface area contributed by atoms with E-state index in [0.29, 0.717) is 24.5 Å². The molecule has 4 rings (SSSR count). The number of carbonyl (C=O) groups excluding carboxylic acids is 1. The van der Waals surface area contributed by atoms with Crippen LogP contribution in [0.2, 0.25) is 0 Å². The zero-order chi connectivity index (χ0) is 23.0. The Morgan fingerprint density at radius 3 is 2.45 bits per heavy atom. The topological polar surface area (TPSA) is 74.6 Å². The van der Waals surface area contributed by atoms with Gasteiger partial charge in [0.1, 0.15) is 23.1 Å². The van der Waals surface area contributed by atoms with Gasteiger partial charge in [-0.25, -0.2) is 4.98 Å². The Balaban J connectivity index is 1.41. The van der Waals surface area contributed by atoms with Crippen molar-refractivity contribution in [3.63, 3.8) is 0 Å². The number of fused-ring (bicyclic) bond motifs is 1. The minimum Gasteiger partial charge on any atom is -0.497 e. The predicted octanol–water partition coefficient (Wildman–Crippen LogP) is 4.45. The van der Waals surface area contributed by atoms with Gasteiger partial charge in [-0.3, -0.25) is 4.79 Å². The van der Waals surface area contributed by atoms with Gasteiger partial charge in [-0.05, 0) is 61.0 Å². The van der Waals surface area contributed by atoms with Crippen molar-refractivity contribution in [2.75, 3.05) is 20.8 Å². The van der Waals surface area contributed by atoms with Gasteiger partial charge in [0.05, 0.1) is 38.4 Å². The third-order valence-electron chi connectivity index (χ3n) is 5.33. The van der Waals surface area contributed by atoms with Gasteiger partial charge in [-0.2, -0.15) is 0 Å². The highest BCUT2D eigenvalue weighted by atomic mass is 16.5. The molecule has 0 saturated carbocycles. The lowest BCUT2D eigenvalue weighted by Gasteiger charge is -2.12. The summed E-state index contributed by atoms with van der Waals surface area (Å²) in [5.41, 5.74) is 2.48. The van der Waals surface area contributed by atoms with Crippen molar-refractivity contribution in [1.29, 1.82) is 0 Å². The second kappa shape index (κ2) is 10.5. The molecule has 1 aromatic heterocycles. The summed E-state index contributed by atoms with van der Waals surface area (Å²) in [6.45, 7) is 1.61. The van der Waals surface area contributed by atoms with Crippen molar-refractivity contribution in [3.8, 4) is 17.2 Å². The summed E-state index contributed by atoms with van der Waals surface area (Å²) in [6, 6.07) is 22.6. The molecular weight excluding hydrogens is 418 g/mol. The third-order valence-corrected chi connectivity index (χ3v) is 5.33. The SMILES string of the molecule is COc1ccc(OCCCn2c(CNC(=O)c3cccc(OC)c3)nc3ccccc32)cc1. The lowest BCUT2D eigenvalue weighted by molar-refractivity contribution is 0.0949. The minimum absolute atomic E-state index is 0.171. The molecule has 0 unspecified atom stereocenters. The van der Waals surface area contributed by atoms with Crippen LogP contribution in [0.15, 0.2) is 72.8 Å². The number of aromatic nitrogens is 2. The van der Waals surface area contributed by atoms with E-state index in [1.807, 2.05) is 54.6 Å². The van der Waals surface area contributed by atoms with Crippen LogP contribution >= 0.6 is 0 Å². The first kappa shape index (κ1) is 22.2. The molecule has 0 saturated heterocycles. The van der Waals surface area contributed by atoms with Gasteiger partial charge < -0.3 is 24.1 Å². The summed E-state index contributed by atoms with van der Waals surface area (Å²) in [4.78, 5) is 17.4. The van der Waals surface area contributed by atoms with Crippen molar-refractivity contribution in [1.82, 2.24) is 14.9 Å². The Hall–Kier alpha value is -4.00. The Morgan fingerprint density at radius 2 is 1.67 bits per heavy atom. The monoisotopic (exact) mass is 445 g/mol. The first-order valence-electron chi connectivity index (χ1n) is 10.8. The number of imidazole rings is 1. The molecule has 0 bridgehead atoms. The number of nitrogens with zero attached hydrogens (tertiary/aromatic N) is 2. The molecule has 0 atom stereocenters. The molecule has 1 amide bonds. The summed E-state index contributed by atoms with van der Waals surface area (Å²) in [6.07, 6.45) is 0.795. The van der Waals surface area contributed by atoms with Crippen molar-refractivity contribution in [2.24, 2.45) is 0 Å². The summed E-state index contributed by atoms with van der Waals surface area (Å²) >= 11 is 0. The Labute approximate surface area is 192 Å². The number of hydrogen-bond donors (Lipinski definition) is 1. The Bertz CT molecular complexity index is 1220. The van der Waals surface area contributed by atoms with Gasteiger partial charge in [0.25, 0.3) is 5.91 Å². The number of hydrogen-bond acceptors (Lipinski definition) is 5. The maximum Gasteiger partial charge on any atom is 0.251 e. The van der Waals surface area contributed by atoms with Gasteiger partial charge in [-0.1, -0.05) is 18.2 Å². The van der Waals surface area contributed by atoms with E-state index in [0.717, 1.165) is 41.3 Å². The van der Waals surface area contributed by atoms with Gasteiger partial charge in [0, 0.05) is 12.1 Å². The molecule has 0 aliphatic heterocycles. The van der Waals surface area contributed by atoms with E-state index >= 15 is 0 Å². The van der Waals surface area contributed by atoms with Crippen molar-refractivity contribution in [2.45, 2.75) is 19.5 Å². The number of benzene rings is 3. The summed E-state index contributed by atoms with van der Waals surface area (Å²) in [5, 5.41) is 2.97. The number of carbonyl (C=O) groups is 1. The van der Waals surface area contributed by atoms with Crippen molar-refractivity contribution < 1.29 is 19.0 Å². The highest BCUT2D eigenvalue weighted by Gasteiger charge is 2.13. The average Bonchev–Trinajstić information content (AvgIpc) is 3.23. The maximum absolute atomic E-state index is 12.6. The summed E-state index contributed by atoms with van der Waals surface area (Å²) in [7, 11) is 3.22. The quantitative estimate of drug-likeness (QED) is 0.365. The van der Waals surface area contributed by atoms with Crippen molar-refractivity contribution in [3.05, 3.63) is 84.2 Å². The summed E-state index contributed by atoms with van der Waals surface area (Å²) in [5.74, 6) is 2.88. The van der Waals surface area contributed by atoms with E-state index < -0.39 is 0 Å². The molecule has 7 nitrogen and oxygen atoms in total. The van der Waals surface area contributed by atoms with Crippen LogP contribution in [0.3, 0.4) is 0 Å². The molecule has 33 heavy (non-hydrogen) atoms. The lowest BCUT2D eigenvalue weighted by atomic mass is 10.2. The van der Waals surface area contributed by atoms with Crippen LogP contribution in [0.5, 0.6) is 17.2 Å². The molecule has 0 spiro atoms. The van der Waals surface area contributed by atoms with Gasteiger partial charge >= 0.3 is 0 Å². The number of nitrogens with one attached hydrogen (secondary N) is 1. The molecule has 0 aliphatic carbocycles. The number of methoxy groups -OCH3 is 2. The number of ether oxygens (including phenoxy) is 3. The largest absolute Gasteiger partial charge is 0.497 e. The predicted molar refractivity (Wildman–Crippen MR) is 127 cm³/mol. The van der Waals surface area contributed by atoms with Crippen LogP contribution in [0.1, 0.15) is 22.6 Å². The molecule has 0 fully saturated rings. The van der Waals surface area contributed by atoms with Crippen LogP contribution in [0.4, 0.5) is 0 Å². The Kier molecular flexibility index (Phi) is 7.09. The fourth-order valence-electron chi connectivity index (χ4n) is 3.62. The first-order chi connectivity index (χ1) is 16.2. The zero-order valence-corrected chi connectivity index (χ0v) is 18.8. The van der Waals surface area contributed by atoms with Crippen molar-refractivity contribution >= 4 is 16.9 Å². The second-order valence-corrected chi connectivity index (χ2v) is 7.46. The maximum atomic E-state index is 12.6. The number of aryl methyl sites for hydroxylation is 1. The molecule has 1 N–H and O–H groups in total. The molecule has 1 heterocycles. The number of amides is 1. The summed E-state index contributed by atoms with van der Waals surface area (Å²) < 4.78 is 18.4. The van der Waals surface area contributed by atoms with Crippen LogP contribution < -0.4 is 19.5 Å². The molecule has 7 heteroatoms. The van der Waals surface area contributed by atoms with Gasteiger partial charge in [0.2, 0.25) is 0 Å². The Morgan fingerprint density at radius 1 is 0.909 bits per heavy atom. The smallest absolute Gasteiger partial charge is 0.251 e. The van der Waals surface area contributed by atoms with E-state index in [-0.39, 0.29) is 5.91 Å². The second-order valence-electron chi connectivity index (χ2n) is 7.46. The normalized spacial score (nSPS) is 10.7. The highest BCUT2D eigenvalue weighted by Crippen LogP contribution is 2.19. The fourth-order valence-corrected chi connectivity index (χ4v) is 3.62. The van der Waals surface area contributed by atoms with Crippen LogP contribution in [0.25, 0.3) is 11.0 Å². The molecule has 0 radical (unpaired) electrons. The molecule has 3 aromatic carbocycles. The minimum atomic E-state index is -0.171. The fraction of sp³-hybridized carbons (Fsp3) is 0.231. The van der Waals surface area contributed by atoms with E-state index in [9.17, 15) is 4.79 Å². The van der Waals surface area contributed by atoms with E-state index in [2.05, 4.69) is 9.88 Å². The van der Waals surface area contributed by atoms with Gasteiger partial charge in [-0.15, -0.1) is 0 Å². The van der Waals surface area contributed by atoms with E-state index in [1.54, 1.807) is 32.4 Å². The van der Waals surface area contributed by atoms with E-state index in [4.69, 9.17) is 19.2 Å². The lowest BCUT2D eigenvalue weighted by Crippen LogP contribution is -2.25. The van der Waals surface area contributed by atoms with Crippen LogP contribution in [-0.2, 0) is 13.1 Å². The number of para-hydroxylation sites is 2. The number of rotatable bonds is 10. The average molecular weight is 446 g/mol. The zero-order valence-electron chi connectivity index (χ0n) is 18.8. The van der Waals surface area contributed by atoms with Crippen LogP contribution in [-0.4, -0.2) is 36.3 Å². The van der Waals surface area contributed by atoms with Gasteiger partial charge in [0.15, 0.2) is 0 Å². The highest BCUT2D eigenvalue weighted by molar-refractivity contribution is 5.94. The van der Waals surface area contributed by atoms with Crippen LogP contribution in [0, 0.1) is 0 Å².